The molecule has 2 N–H and O–H groups in total. The second-order valence-electron chi connectivity index (χ2n) is 5.28. The van der Waals surface area contributed by atoms with Crippen LogP contribution in [0, 0.1) is 0 Å². The molecule has 0 aromatic heterocycles. The molecule has 0 spiro atoms. The Bertz CT molecular complexity index is 594. The van der Waals surface area contributed by atoms with Crippen LogP contribution in [0.5, 0.6) is 11.5 Å². The van der Waals surface area contributed by atoms with E-state index in [1.807, 2.05) is 43.3 Å². The molecule has 0 heterocycles. The molecule has 0 bridgehead atoms. The fraction of sp³-hybridized carbons (Fsp3) is 0.333. The molecule has 0 aliphatic heterocycles. The highest BCUT2D eigenvalue weighted by Crippen LogP contribution is 2.28. The number of nitrogens with two attached hydrogens (primary N) is 1. The Morgan fingerprint density at radius 2 is 1.76 bits per heavy atom. The molecule has 2 aromatic rings. The van der Waals surface area contributed by atoms with Gasteiger partial charge in [0, 0.05) is 11.3 Å². The third-order valence-corrected chi connectivity index (χ3v) is 3.31. The van der Waals surface area contributed by atoms with E-state index in [4.69, 9.17) is 15.2 Å². The molecule has 3 heteroatoms. The van der Waals surface area contributed by atoms with Crippen LogP contribution >= 0.6 is 0 Å². The topological polar surface area (TPSA) is 44.5 Å². The molecule has 0 saturated heterocycles. The van der Waals surface area contributed by atoms with Crippen LogP contribution in [0.1, 0.15) is 37.8 Å². The molecule has 0 aliphatic rings. The first-order chi connectivity index (χ1) is 10.1. The second-order valence-corrected chi connectivity index (χ2v) is 5.28. The third kappa shape index (κ3) is 3.91. The van der Waals surface area contributed by atoms with Crippen LogP contribution in [-0.2, 0) is 6.61 Å². The predicted molar refractivity (Wildman–Crippen MR) is 86.9 cm³/mol. The fourth-order valence-electron chi connectivity index (χ4n) is 2.25. The van der Waals surface area contributed by atoms with Crippen molar-refractivity contribution in [3.63, 3.8) is 0 Å². The number of para-hydroxylation sites is 1. The number of rotatable bonds is 6. The first-order valence-corrected chi connectivity index (χ1v) is 7.34. The molecule has 3 nitrogen and oxygen atoms in total. The van der Waals surface area contributed by atoms with Crippen LogP contribution in [0.15, 0.2) is 42.5 Å². The van der Waals surface area contributed by atoms with Gasteiger partial charge in [-0.2, -0.15) is 0 Å². The lowest BCUT2D eigenvalue weighted by atomic mass is 10.0. The molecule has 21 heavy (non-hydrogen) atoms. The number of hydrogen-bond donors (Lipinski definition) is 1. The molecular weight excluding hydrogens is 262 g/mol. The molecule has 2 aromatic carbocycles. The molecule has 0 radical (unpaired) electrons. The highest BCUT2D eigenvalue weighted by Gasteiger charge is 2.09. The number of nitrogen functional groups attached to an aromatic ring is 1. The molecule has 112 valence electrons. The molecule has 0 aliphatic carbocycles. The van der Waals surface area contributed by atoms with Gasteiger partial charge < -0.3 is 15.2 Å². The summed E-state index contributed by atoms with van der Waals surface area (Å²) in [6.45, 7) is 7.36. The van der Waals surface area contributed by atoms with Crippen LogP contribution in [0.3, 0.4) is 0 Å². The standard InChI is InChI=1S/C18H23NO2/c1-4-20-17-10-9-15(19)11-14(17)12-21-18-8-6-5-7-16(18)13(2)3/h5-11,13H,4,12,19H2,1-3H3. The molecule has 0 amide bonds. The molecule has 0 fully saturated rings. The predicted octanol–water partition coefficient (Wildman–Crippen LogP) is 4.37. The van der Waals surface area contributed by atoms with Gasteiger partial charge in [0.2, 0.25) is 0 Å². The summed E-state index contributed by atoms with van der Waals surface area (Å²) in [5.41, 5.74) is 8.75. The summed E-state index contributed by atoms with van der Waals surface area (Å²) in [7, 11) is 0. The fourth-order valence-corrected chi connectivity index (χ4v) is 2.25. The van der Waals surface area contributed by atoms with E-state index in [1.54, 1.807) is 0 Å². The summed E-state index contributed by atoms with van der Waals surface area (Å²) in [4.78, 5) is 0. The van der Waals surface area contributed by atoms with Crippen LogP contribution < -0.4 is 15.2 Å². The van der Waals surface area contributed by atoms with Gasteiger partial charge in [-0.25, -0.2) is 0 Å². The van der Waals surface area contributed by atoms with E-state index in [2.05, 4.69) is 19.9 Å². The Morgan fingerprint density at radius 3 is 2.48 bits per heavy atom. The maximum atomic E-state index is 5.99. The Balaban J connectivity index is 2.18. The summed E-state index contributed by atoms with van der Waals surface area (Å²) in [6.07, 6.45) is 0. The Morgan fingerprint density at radius 1 is 1.00 bits per heavy atom. The highest BCUT2D eigenvalue weighted by molar-refractivity contribution is 5.48. The van der Waals surface area contributed by atoms with E-state index in [1.165, 1.54) is 5.56 Å². The highest BCUT2D eigenvalue weighted by atomic mass is 16.5. The van der Waals surface area contributed by atoms with E-state index in [-0.39, 0.29) is 0 Å². The first kappa shape index (κ1) is 15.2. The van der Waals surface area contributed by atoms with Crippen molar-refractivity contribution in [2.75, 3.05) is 12.3 Å². The van der Waals surface area contributed by atoms with Crippen molar-refractivity contribution >= 4 is 5.69 Å². The minimum atomic E-state index is 0.424. The van der Waals surface area contributed by atoms with E-state index < -0.39 is 0 Å². The van der Waals surface area contributed by atoms with E-state index in [9.17, 15) is 0 Å². The van der Waals surface area contributed by atoms with Crippen molar-refractivity contribution in [1.29, 1.82) is 0 Å². The van der Waals surface area contributed by atoms with Crippen molar-refractivity contribution in [3.8, 4) is 11.5 Å². The number of benzene rings is 2. The summed E-state index contributed by atoms with van der Waals surface area (Å²) >= 11 is 0. The van der Waals surface area contributed by atoms with E-state index in [0.717, 1.165) is 17.1 Å². The summed E-state index contributed by atoms with van der Waals surface area (Å²) < 4.78 is 11.6. The second kappa shape index (κ2) is 7.02. The van der Waals surface area contributed by atoms with Crippen LogP contribution in [-0.4, -0.2) is 6.61 Å². The monoisotopic (exact) mass is 285 g/mol. The van der Waals surface area contributed by atoms with Crippen molar-refractivity contribution in [1.82, 2.24) is 0 Å². The molecule has 0 atom stereocenters. The molecule has 2 rings (SSSR count). The van der Waals surface area contributed by atoms with Gasteiger partial charge >= 0.3 is 0 Å². The smallest absolute Gasteiger partial charge is 0.126 e. The SMILES string of the molecule is CCOc1ccc(N)cc1COc1ccccc1C(C)C. The number of hydrogen-bond acceptors (Lipinski definition) is 3. The van der Waals surface area contributed by atoms with Crippen molar-refractivity contribution in [2.45, 2.75) is 33.3 Å². The van der Waals surface area contributed by atoms with Gasteiger partial charge in [-0.1, -0.05) is 32.0 Å². The van der Waals surface area contributed by atoms with Crippen LogP contribution in [0.2, 0.25) is 0 Å². The zero-order valence-electron chi connectivity index (χ0n) is 12.9. The Labute approximate surface area is 126 Å². The van der Waals surface area contributed by atoms with Crippen molar-refractivity contribution in [3.05, 3.63) is 53.6 Å². The maximum absolute atomic E-state index is 5.99. The zero-order chi connectivity index (χ0) is 15.2. The van der Waals surface area contributed by atoms with Gasteiger partial charge in [-0.05, 0) is 42.7 Å². The lowest BCUT2D eigenvalue weighted by molar-refractivity contribution is 0.283. The van der Waals surface area contributed by atoms with Gasteiger partial charge in [-0.15, -0.1) is 0 Å². The minimum Gasteiger partial charge on any atom is -0.493 e. The lowest BCUT2D eigenvalue weighted by Crippen LogP contribution is -2.03. The largest absolute Gasteiger partial charge is 0.493 e. The maximum Gasteiger partial charge on any atom is 0.126 e. The normalized spacial score (nSPS) is 10.7. The number of anilines is 1. The van der Waals surface area contributed by atoms with Crippen LogP contribution in [0.25, 0.3) is 0 Å². The summed E-state index contributed by atoms with van der Waals surface area (Å²) in [6, 6.07) is 13.8. The third-order valence-electron chi connectivity index (χ3n) is 3.31. The molecule has 0 saturated carbocycles. The average molecular weight is 285 g/mol. The van der Waals surface area contributed by atoms with Gasteiger partial charge in [0.15, 0.2) is 0 Å². The lowest BCUT2D eigenvalue weighted by Gasteiger charge is -2.16. The first-order valence-electron chi connectivity index (χ1n) is 7.34. The summed E-state index contributed by atoms with van der Waals surface area (Å²) in [5.74, 6) is 2.17. The van der Waals surface area contributed by atoms with Crippen molar-refractivity contribution < 1.29 is 9.47 Å². The molecule has 0 unspecified atom stereocenters. The van der Waals surface area contributed by atoms with Gasteiger partial charge in [0.1, 0.15) is 18.1 Å². The average Bonchev–Trinajstić information content (AvgIpc) is 2.48. The minimum absolute atomic E-state index is 0.424. The quantitative estimate of drug-likeness (QED) is 0.801. The Kier molecular flexibility index (Phi) is 5.09. The summed E-state index contributed by atoms with van der Waals surface area (Å²) in [5, 5.41) is 0. The zero-order valence-corrected chi connectivity index (χ0v) is 12.9. The van der Waals surface area contributed by atoms with Crippen molar-refractivity contribution in [2.24, 2.45) is 0 Å². The van der Waals surface area contributed by atoms with Crippen LogP contribution in [0.4, 0.5) is 5.69 Å². The van der Waals surface area contributed by atoms with Gasteiger partial charge in [0.05, 0.1) is 6.61 Å². The molecular formula is C18H23NO2. The van der Waals surface area contributed by atoms with E-state index >= 15 is 0 Å². The number of ether oxygens (including phenoxy) is 2. The van der Waals surface area contributed by atoms with Gasteiger partial charge in [-0.3, -0.25) is 0 Å². The van der Waals surface area contributed by atoms with E-state index in [0.29, 0.717) is 24.8 Å². The Hall–Kier alpha value is -2.16. The van der Waals surface area contributed by atoms with Gasteiger partial charge in [0.25, 0.3) is 0 Å².